The van der Waals surface area contributed by atoms with E-state index in [-0.39, 0.29) is 29.7 Å². The molecule has 1 fully saturated rings. The van der Waals surface area contributed by atoms with Crippen LogP contribution in [0.15, 0.2) is 29.3 Å². The third-order valence-corrected chi connectivity index (χ3v) is 3.91. The quantitative estimate of drug-likeness (QED) is 0.243. The van der Waals surface area contributed by atoms with Crippen molar-refractivity contribution in [2.45, 2.75) is 19.5 Å². The highest BCUT2D eigenvalue weighted by Gasteiger charge is 2.10. The molecular formula is C17H27F2IN4O2. The van der Waals surface area contributed by atoms with Crippen LogP contribution in [0.5, 0.6) is 5.75 Å². The van der Waals surface area contributed by atoms with E-state index in [2.05, 4.69) is 19.9 Å². The number of hydrogen-bond donors (Lipinski definition) is 2. The number of rotatable bonds is 9. The number of aliphatic imine (C=N–C) groups is 1. The minimum atomic E-state index is -2.83. The van der Waals surface area contributed by atoms with Gasteiger partial charge < -0.3 is 20.5 Å². The number of nitrogens with zero attached hydrogens (tertiary/aromatic N) is 2. The van der Waals surface area contributed by atoms with Gasteiger partial charge in [0.2, 0.25) is 0 Å². The maximum atomic E-state index is 12.4. The van der Waals surface area contributed by atoms with E-state index in [1.54, 1.807) is 18.2 Å². The van der Waals surface area contributed by atoms with Crippen molar-refractivity contribution in [3.05, 3.63) is 29.8 Å². The highest BCUT2D eigenvalue weighted by molar-refractivity contribution is 14.0. The third-order valence-electron chi connectivity index (χ3n) is 3.91. The molecule has 1 heterocycles. The first-order chi connectivity index (χ1) is 12.1. The van der Waals surface area contributed by atoms with Gasteiger partial charge in [-0.05, 0) is 24.5 Å². The summed E-state index contributed by atoms with van der Waals surface area (Å²) in [6.07, 6.45) is 1.46. The molecule has 1 aromatic rings. The number of halogens is 3. The summed E-state index contributed by atoms with van der Waals surface area (Å²) < 4.78 is 34.6. The topological polar surface area (TPSA) is 72.1 Å². The fraction of sp³-hybridized carbons (Fsp3) is 0.588. The van der Waals surface area contributed by atoms with Gasteiger partial charge in [-0.2, -0.15) is 8.78 Å². The van der Waals surface area contributed by atoms with E-state index in [1.807, 2.05) is 0 Å². The maximum absolute atomic E-state index is 12.4. The number of nitrogens with two attached hydrogens (primary N) is 1. The minimum Gasteiger partial charge on any atom is -0.435 e. The van der Waals surface area contributed by atoms with E-state index >= 15 is 0 Å². The first-order valence-corrected chi connectivity index (χ1v) is 8.52. The van der Waals surface area contributed by atoms with E-state index in [4.69, 9.17) is 10.5 Å². The summed E-state index contributed by atoms with van der Waals surface area (Å²) in [5.74, 6) is 0.564. The molecule has 1 aliphatic heterocycles. The van der Waals surface area contributed by atoms with Crippen LogP contribution in [0.3, 0.4) is 0 Å². The highest BCUT2D eigenvalue weighted by Crippen LogP contribution is 2.20. The zero-order chi connectivity index (χ0) is 17.9. The van der Waals surface area contributed by atoms with E-state index in [9.17, 15) is 8.78 Å². The van der Waals surface area contributed by atoms with Gasteiger partial charge in [0.15, 0.2) is 5.96 Å². The largest absolute Gasteiger partial charge is 0.435 e. The molecule has 1 saturated heterocycles. The average molecular weight is 484 g/mol. The molecule has 0 aliphatic carbocycles. The van der Waals surface area contributed by atoms with Crippen LogP contribution in [0, 0.1) is 0 Å². The Morgan fingerprint density at radius 1 is 1.31 bits per heavy atom. The van der Waals surface area contributed by atoms with Gasteiger partial charge in [0, 0.05) is 32.7 Å². The molecule has 1 aromatic carbocycles. The predicted octanol–water partition coefficient (Wildman–Crippen LogP) is 2.08. The van der Waals surface area contributed by atoms with Crippen molar-refractivity contribution in [1.29, 1.82) is 0 Å². The van der Waals surface area contributed by atoms with Gasteiger partial charge in [0.05, 0.1) is 13.2 Å². The Hall–Kier alpha value is -1.20. The Kier molecular flexibility index (Phi) is 11.5. The minimum absolute atomic E-state index is 0. The normalized spacial score (nSPS) is 15.6. The highest BCUT2D eigenvalue weighted by atomic mass is 127. The summed E-state index contributed by atoms with van der Waals surface area (Å²) in [6, 6.07) is 6.75. The Morgan fingerprint density at radius 3 is 2.77 bits per heavy atom. The molecule has 1 aliphatic rings. The molecule has 9 heteroatoms. The summed E-state index contributed by atoms with van der Waals surface area (Å²) >= 11 is 0. The number of para-hydroxylation sites is 1. The fourth-order valence-electron chi connectivity index (χ4n) is 2.62. The Labute approximate surface area is 170 Å². The van der Waals surface area contributed by atoms with Crippen LogP contribution >= 0.6 is 24.0 Å². The van der Waals surface area contributed by atoms with Gasteiger partial charge >= 0.3 is 6.61 Å². The average Bonchev–Trinajstić information content (AvgIpc) is 2.61. The number of alkyl halides is 2. The number of nitrogens with one attached hydrogen (secondary N) is 1. The number of benzene rings is 1. The van der Waals surface area contributed by atoms with Crippen LogP contribution in [0.1, 0.15) is 12.0 Å². The zero-order valence-electron chi connectivity index (χ0n) is 14.7. The number of ether oxygens (including phenoxy) is 2. The smallest absolute Gasteiger partial charge is 0.387 e. The van der Waals surface area contributed by atoms with Gasteiger partial charge in [-0.3, -0.25) is 9.89 Å². The van der Waals surface area contributed by atoms with Crippen molar-refractivity contribution >= 4 is 29.9 Å². The molecule has 6 nitrogen and oxygen atoms in total. The lowest BCUT2D eigenvalue weighted by Gasteiger charge is -2.26. The standard InChI is InChI=1S/C17H26F2N4O2.HI/c18-16(19)25-15-5-2-1-4-14(15)6-8-22-17(20)21-7-3-9-23-10-12-24-13-11-23;/h1-2,4-5,16H,3,6-13H2,(H3,20,21,22);1H. The van der Waals surface area contributed by atoms with Crippen molar-refractivity contribution < 1.29 is 18.3 Å². The van der Waals surface area contributed by atoms with Gasteiger partial charge in [-0.15, -0.1) is 24.0 Å². The molecule has 0 radical (unpaired) electrons. The second-order valence-electron chi connectivity index (χ2n) is 5.74. The Bertz CT molecular complexity index is 543. The molecular weight excluding hydrogens is 457 g/mol. The number of guanidine groups is 1. The first-order valence-electron chi connectivity index (χ1n) is 8.52. The molecule has 0 amide bonds. The molecule has 0 aromatic heterocycles. The molecule has 0 atom stereocenters. The van der Waals surface area contributed by atoms with E-state index < -0.39 is 6.61 Å². The summed E-state index contributed by atoms with van der Waals surface area (Å²) in [7, 11) is 0. The van der Waals surface area contributed by atoms with Crippen molar-refractivity contribution in [3.63, 3.8) is 0 Å². The summed E-state index contributed by atoms with van der Waals surface area (Å²) in [6.45, 7) is 2.84. The van der Waals surface area contributed by atoms with E-state index in [0.717, 1.165) is 39.3 Å². The lowest BCUT2D eigenvalue weighted by Crippen LogP contribution is -2.37. The fourth-order valence-corrected chi connectivity index (χ4v) is 2.62. The van der Waals surface area contributed by atoms with Crippen molar-refractivity contribution in [2.75, 3.05) is 45.9 Å². The Morgan fingerprint density at radius 2 is 2.04 bits per heavy atom. The monoisotopic (exact) mass is 484 g/mol. The third kappa shape index (κ3) is 8.95. The zero-order valence-corrected chi connectivity index (χ0v) is 17.0. The number of morpholine rings is 1. The lowest BCUT2D eigenvalue weighted by molar-refractivity contribution is -0.0504. The summed E-state index contributed by atoms with van der Waals surface area (Å²) in [5, 5.41) is 3.00. The second-order valence-corrected chi connectivity index (χ2v) is 5.74. The van der Waals surface area contributed by atoms with Gasteiger partial charge in [0.1, 0.15) is 5.75 Å². The van der Waals surface area contributed by atoms with E-state index in [1.165, 1.54) is 6.07 Å². The lowest BCUT2D eigenvalue weighted by atomic mass is 10.1. The molecule has 0 bridgehead atoms. The molecule has 0 saturated carbocycles. The summed E-state index contributed by atoms with van der Waals surface area (Å²) in [5.41, 5.74) is 6.53. The SMILES string of the molecule is I.NC(=NCCCN1CCOCC1)NCCc1ccccc1OC(F)F. The van der Waals surface area contributed by atoms with Gasteiger partial charge in [-0.25, -0.2) is 0 Å². The van der Waals surface area contributed by atoms with Crippen LogP contribution in [0.4, 0.5) is 8.78 Å². The molecule has 26 heavy (non-hydrogen) atoms. The molecule has 148 valence electrons. The first kappa shape index (κ1) is 22.8. The maximum Gasteiger partial charge on any atom is 0.387 e. The Balaban J connectivity index is 0.00000338. The summed E-state index contributed by atoms with van der Waals surface area (Å²) in [4.78, 5) is 6.63. The van der Waals surface area contributed by atoms with Crippen LogP contribution in [-0.4, -0.2) is 63.4 Å². The van der Waals surface area contributed by atoms with Crippen LogP contribution < -0.4 is 15.8 Å². The van der Waals surface area contributed by atoms with Crippen molar-refractivity contribution in [2.24, 2.45) is 10.7 Å². The van der Waals surface area contributed by atoms with Crippen LogP contribution in [0.25, 0.3) is 0 Å². The van der Waals surface area contributed by atoms with E-state index in [0.29, 0.717) is 31.0 Å². The van der Waals surface area contributed by atoms with Crippen molar-refractivity contribution in [3.8, 4) is 5.75 Å². The predicted molar refractivity (Wildman–Crippen MR) is 109 cm³/mol. The molecule has 2 rings (SSSR count). The molecule has 3 N–H and O–H groups in total. The van der Waals surface area contributed by atoms with Crippen molar-refractivity contribution in [1.82, 2.24) is 10.2 Å². The van der Waals surface area contributed by atoms with Crippen LogP contribution in [-0.2, 0) is 11.2 Å². The number of hydrogen-bond acceptors (Lipinski definition) is 4. The van der Waals surface area contributed by atoms with Gasteiger partial charge in [0.25, 0.3) is 0 Å². The molecule has 0 spiro atoms. The van der Waals surface area contributed by atoms with Gasteiger partial charge in [-0.1, -0.05) is 18.2 Å². The van der Waals surface area contributed by atoms with Crippen LogP contribution in [0.2, 0.25) is 0 Å². The molecule has 0 unspecified atom stereocenters. The second kappa shape index (κ2) is 13.0.